The zero-order chi connectivity index (χ0) is 18.3. The Kier molecular flexibility index (Phi) is 4.45. The Morgan fingerprint density at radius 3 is 2.50 bits per heavy atom. The van der Waals surface area contributed by atoms with Crippen LogP contribution in [0.15, 0.2) is 53.5 Å². The molecule has 1 heterocycles. The van der Waals surface area contributed by atoms with E-state index in [0.717, 1.165) is 39.4 Å². The Morgan fingerprint density at radius 2 is 1.81 bits per heavy atom. The van der Waals surface area contributed by atoms with Crippen LogP contribution in [0.4, 0.5) is 0 Å². The van der Waals surface area contributed by atoms with E-state index in [4.69, 9.17) is 0 Å². The number of nitrogens with zero attached hydrogens (tertiary/aromatic N) is 1. The summed E-state index contributed by atoms with van der Waals surface area (Å²) in [5, 5.41) is 2.60. The molecule has 0 radical (unpaired) electrons. The molecule has 0 atom stereocenters. The van der Waals surface area contributed by atoms with E-state index in [1.807, 2.05) is 36.5 Å². The molecule has 1 aliphatic carbocycles. The van der Waals surface area contributed by atoms with Gasteiger partial charge in [0, 0.05) is 24.2 Å². The summed E-state index contributed by atoms with van der Waals surface area (Å²) in [7, 11) is 0.0348. The van der Waals surface area contributed by atoms with E-state index in [1.165, 1.54) is 24.8 Å². The molecule has 1 aliphatic rings. The van der Waals surface area contributed by atoms with Gasteiger partial charge in [-0.1, -0.05) is 43.2 Å². The quantitative estimate of drug-likeness (QED) is 0.648. The van der Waals surface area contributed by atoms with Crippen LogP contribution in [-0.2, 0) is 17.9 Å². The average molecular weight is 362 g/mol. The van der Waals surface area contributed by atoms with Gasteiger partial charge in [0.25, 0.3) is 5.56 Å². The van der Waals surface area contributed by atoms with Gasteiger partial charge in [0.15, 0.2) is 0 Å². The maximum atomic E-state index is 12.5. The SMILES string of the molecule is Cn1cc(-c2cc([Si](C)=O)ccc2CCC2CC2)c2ccccc2c1=O. The molecular weight excluding hydrogens is 338 g/mol. The largest absolute Gasteiger partial charge is 0.383 e. The number of pyridine rings is 1. The zero-order valence-corrected chi connectivity index (χ0v) is 16.3. The molecule has 0 saturated heterocycles. The van der Waals surface area contributed by atoms with Crippen molar-refractivity contribution in [2.45, 2.75) is 32.2 Å². The van der Waals surface area contributed by atoms with Gasteiger partial charge in [0.05, 0.1) is 0 Å². The van der Waals surface area contributed by atoms with Crippen LogP contribution in [0, 0.1) is 5.92 Å². The molecule has 1 saturated carbocycles. The fraction of sp³-hybridized carbons (Fsp3) is 0.318. The lowest BCUT2D eigenvalue weighted by Crippen LogP contribution is -2.19. The average Bonchev–Trinajstić information content (AvgIpc) is 3.47. The third-order valence-electron chi connectivity index (χ3n) is 5.42. The minimum atomic E-state index is -1.77. The summed E-state index contributed by atoms with van der Waals surface area (Å²) in [6, 6.07) is 14.0. The smallest absolute Gasteiger partial charge is 0.308 e. The van der Waals surface area contributed by atoms with Crippen LogP contribution in [0.5, 0.6) is 0 Å². The number of benzene rings is 2. The van der Waals surface area contributed by atoms with Crippen LogP contribution in [-0.4, -0.2) is 13.3 Å². The van der Waals surface area contributed by atoms with Crippen LogP contribution >= 0.6 is 0 Å². The fourth-order valence-electron chi connectivity index (χ4n) is 3.66. The number of hydrogen-bond donors (Lipinski definition) is 0. The normalized spacial score (nSPS) is 13.9. The van der Waals surface area contributed by atoms with Crippen LogP contribution < -0.4 is 10.7 Å². The summed E-state index contributed by atoms with van der Waals surface area (Å²) in [6.07, 6.45) is 6.86. The second-order valence-electron chi connectivity index (χ2n) is 7.41. The number of fused-ring (bicyclic) bond motifs is 1. The number of hydrogen-bond acceptors (Lipinski definition) is 2. The molecule has 26 heavy (non-hydrogen) atoms. The molecule has 0 spiro atoms. The van der Waals surface area contributed by atoms with Crippen molar-refractivity contribution in [3.8, 4) is 11.1 Å². The molecule has 3 aromatic rings. The lowest BCUT2D eigenvalue weighted by molar-refractivity contribution is 0.572. The number of rotatable bonds is 5. The second kappa shape index (κ2) is 6.76. The Labute approximate surface area is 155 Å². The molecule has 0 amide bonds. The Bertz CT molecular complexity index is 1060. The first kappa shape index (κ1) is 17.1. The van der Waals surface area contributed by atoms with Crippen molar-refractivity contribution < 1.29 is 4.46 Å². The summed E-state index contributed by atoms with van der Waals surface area (Å²) in [4.78, 5) is 12.5. The lowest BCUT2D eigenvalue weighted by atomic mass is 9.93. The topological polar surface area (TPSA) is 39.1 Å². The maximum absolute atomic E-state index is 12.5. The molecule has 0 bridgehead atoms. The fourth-order valence-corrected chi connectivity index (χ4v) is 4.33. The second-order valence-corrected chi connectivity index (χ2v) is 9.10. The van der Waals surface area contributed by atoms with Crippen molar-refractivity contribution in [1.29, 1.82) is 0 Å². The first-order chi connectivity index (χ1) is 12.5. The molecule has 3 nitrogen and oxygen atoms in total. The van der Waals surface area contributed by atoms with Crippen LogP contribution in [0.25, 0.3) is 21.9 Å². The Morgan fingerprint density at radius 1 is 1.08 bits per heavy atom. The van der Waals surface area contributed by atoms with Gasteiger partial charge in [-0.3, -0.25) is 4.79 Å². The molecule has 0 aliphatic heterocycles. The summed E-state index contributed by atoms with van der Waals surface area (Å²) < 4.78 is 13.8. The summed E-state index contributed by atoms with van der Waals surface area (Å²) in [5.74, 6) is 0.865. The third kappa shape index (κ3) is 3.21. The predicted octanol–water partition coefficient (Wildman–Crippen LogP) is 3.81. The summed E-state index contributed by atoms with van der Waals surface area (Å²) in [5.41, 5.74) is 3.48. The van der Waals surface area contributed by atoms with E-state index in [-0.39, 0.29) is 5.56 Å². The molecular formula is C22H23NO2Si. The van der Waals surface area contributed by atoms with Crippen molar-refractivity contribution in [2.75, 3.05) is 0 Å². The van der Waals surface area contributed by atoms with Crippen molar-refractivity contribution >= 4 is 24.6 Å². The highest BCUT2D eigenvalue weighted by Gasteiger charge is 2.22. The van der Waals surface area contributed by atoms with Gasteiger partial charge in [-0.25, -0.2) is 0 Å². The van der Waals surface area contributed by atoms with Gasteiger partial charge < -0.3 is 9.03 Å². The zero-order valence-electron chi connectivity index (χ0n) is 15.3. The lowest BCUT2D eigenvalue weighted by Gasteiger charge is -2.15. The minimum absolute atomic E-state index is 0.0177. The van der Waals surface area contributed by atoms with E-state index < -0.39 is 8.68 Å². The van der Waals surface area contributed by atoms with E-state index in [2.05, 4.69) is 12.1 Å². The number of aryl methyl sites for hydroxylation is 2. The Hall–Kier alpha value is -2.33. The third-order valence-corrected chi connectivity index (χ3v) is 6.54. The molecule has 132 valence electrons. The summed E-state index contributed by atoms with van der Waals surface area (Å²) >= 11 is 0. The molecule has 1 fully saturated rings. The predicted molar refractivity (Wildman–Crippen MR) is 108 cm³/mol. The van der Waals surface area contributed by atoms with Gasteiger partial charge >= 0.3 is 8.68 Å². The van der Waals surface area contributed by atoms with Gasteiger partial charge in [0.1, 0.15) is 0 Å². The summed E-state index contributed by atoms with van der Waals surface area (Å²) in [6.45, 7) is 1.78. The molecule has 0 unspecified atom stereocenters. The van der Waals surface area contributed by atoms with E-state index in [0.29, 0.717) is 0 Å². The van der Waals surface area contributed by atoms with Crippen LogP contribution in [0.1, 0.15) is 24.8 Å². The number of aromatic nitrogens is 1. The molecule has 4 rings (SSSR count). The van der Waals surface area contributed by atoms with Crippen molar-refractivity contribution in [2.24, 2.45) is 13.0 Å². The standard InChI is InChI=1S/C22H23NO2Si/c1-23-14-21(18-5-3-4-6-19(18)22(23)24)20-13-17(26(2)25)12-11-16(20)10-9-15-7-8-15/h3-6,11-15H,7-10H2,1-2H3. The van der Waals surface area contributed by atoms with Crippen LogP contribution in [0.2, 0.25) is 6.55 Å². The minimum Gasteiger partial charge on any atom is -0.383 e. The van der Waals surface area contributed by atoms with Gasteiger partial charge in [-0.05, 0) is 59.1 Å². The molecule has 4 heteroatoms. The highest BCUT2D eigenvalue weighted by Crippen LogP contribution is 2.36. The molecule has 2 aromatic carbocycles. The van der Waals surface area contributed by atoms with Gasteiger partial charge in [-0.15, -0.1) is 0 Å². The maximum Gasteiger partial charge on any atom is 0.308 e. The van der Waals surface area contributed by atoms with E-state index in [1.54, 1.807) is 18.2 Å². The van der Waals surface area contributed by atoms with Crippen molar-refractivity contribution in [3.05, 3.63) is 64.6 Å². The molecule has 0 N–H and O–H groups in total. The monoisotopic (exact) mass is 361 g/mol. The Balaban J connectivity index is 1.94. The highest BCUT2D eigenvalue weighted by atomic mass is 28.3. The van der Waals surface area contributed by atoms with Crippen LogP contribution in [0.3, 0.4) is 0 Å². The van der Waals surface area contributed by atoms with Gasteiger partial charge in [0.2, 0.25) is 0 Å². The van der Waals surface area contributed by atoms with Crippen molar-refractivity contribution in [3.63, 3.8) is 0 Å². The van der Waals surface area contributed by atoms with E-state index >= 15 is 0 Å². The van der Waals surface area contributed by atoms with E-state index in [9.17, 15) is 9.26 Å². The molecule has 1 aromatic heterocycles. The first-order valence-corrected chi connectivity index (χ1v) is 11.2. The first-order valence-electron chi connectivity index (χ1n) is 9.27. The van der Waals surface area contributed by atoms with Gasteiger partial charge in [-0.2, -0.15) is 0 Å². The highest BCUT2D eigenvalue weighted by molar-refractivity contribution is 6.58. The van der Waals surface area contributed by atoms with Crippen molar-refractivity contribution in [1.82, 2.24) is 4.57 Å².